The molecule has 154 valence electrons. The molecule has 2 aromatic carbocycles. The predicted molar refractivity (Wildman–Crippen MR) is 123 cm³/mol. The molecule has 1 aliphatic heterocycles. The first-order valence-electron chi connectivity index (χ1n) is 9.46. The molecule has 0 radical (unpaired) electrons. The Morgan fingerprint density at radius 3 is 2.67 bits per heavy atom. The molecule has 2 amide bonds. The number of nitrogens with zero attached hydrogens (tertiary/aromatic N) is 3. The van der Waals surface area contributed by atoms with Gasteiger partial charge in [-0.05, 0) is 29.0 Å². The molecule has 0 bridgehead atoms. The van der Waals surface area contributed by atoms with Gasteiger partial charge in [0.15, 0.2) is 4.34 Å². The number of rotatable bonds is 7. The van der Waals surface area contributed by atoms with Crippen LogP contribution in [-0.4, -0.2) is 38.4 Å². The first-order chi connectivity index (χ1) is 14.6. The Morgan fingerprint density at radius 1 is 1.17 bits per heavy atom. The first-order valence-corrected chi connectivity index (χ1v) is 12.3. The van der Waals surface area contributed by atoms with Gasteiger partial charge >= 0.3 is 0 Å². The maximum absolute atomic E-state index is 12.5. The third kappa shape index (κ3) is 4.85. The number of carbonyl (C=O) groups excluding carboxylic acids is 2. The fourth-order valence-corrected chi connectivity index (χ4v) is 5.92. The first kappa shape index (κ1) is 20.9. The van der Waals surface area contributed by atoms with Gasteiger partial charge in [0.1, 0.15) is 5.37 Å². The molecule has 1 unspecified atom stereocenters. The molecule has 1 aromatic heterocycles. The number of benzene rings is 2. The number of aromatic nitrogens is 2. The molecule has 9 heteroatoms. The molecular weight excluding hydrogens is 436 g/mol. The zero-order valence-electron chi connectivity index (χ0n) is 16.3. The highest BCUT2D eigenvalue weighted by molar-refractivity contribution is 8.01. The van der Waals surface area contributed by atoms with Gasteiger partial charge in [-0.25, -0.2) is 0 Å². The van der Waals surface area contributed by atoms with Crippen LogP contribution in [0.15, 0.2) is 58.9 Å². The average molecular weight is 457 g/mol. The monoisotopic (exact) mass is 456 g/mol. The van der Waals surface area contributed by atoms with Crippen molar-refractivity contribution in [3.05, 3.63) is 71.3 Å². The number of amides is 2. The van der Waals surface area contributed by atoms with Gasteiger partial charge in [0.05, 0.1) is 5.75 Å². The quantitative estimate of drug-likeness (QED) is 0.411. The van der Waals surface area contributed by atoms with Gasteiger partial charge in [0, 0.05) is 12.1 Å². The fraction of sp³-hybridized carbons (Fsp3) is 0.238. The summed E-state index contributed by atoms with van der Waals surface area (Å²) in [4.78, 5) is 26.8. The van der Waals surface area contributed by atoms with Gasteiger partial charge in [-0.3, -0.25) is 14.9 Å². The van der Waals surface area contributed by atoms with Crippen LogP contribution in [0, 0.1) is 0 Å². The summed E-state index contributed by atoms with van der Waals surface area (Å²) in [6.07, 6.45) is 0. The third-order valence-electron chi connectivity index (χ3n) is 4.52. The second kappa shape index (κ2) is 9.63. The van der Waals surface area contributed by atoms with Crippen molar-refractivity contribution in [1.82, 2.24) is 15.1 Å². The lowest BCUT2D eigenvalue weighted by atomic mass is 10.1. The van der Waals surface area contributed by atoms with Gasteiger partial charge in [-0.15, -0.1) is 22.0 Å². The number of hydrogen-bond acceptors (Lipinski definition) is 7. The van der Waals surface area contributed by atoms with E-state index in [4.69, 9.17) is 0 Å². The van der Waals surface area contributed by atoms with E-state index in [9.17, 15) is 9.59 Å². The van der Waals surface area contributed by atoms with Crippen LogP contribution in [0.4, 0.5) is 5.13 Å². The Morgan fingerprint density at radius 2 is 1.93 bits per heavy atom. The maximum Gasteiger partial charge on any atom is 0.257 e. The largest absolute Gasteiger partial charge is 0.322 e. The number of hydrogen-bond donors (Lipinski definition) is 1. The topological polar surface area (TPSA) is 75.2 Å². The second-order valence-corrected chi connectivity index (χ2v) is 10.1. The molecule has 1 N–H and O–H groups in total. The highest BCUT2D eigenvalue weighted by Gasteiger charge is 2.32. The van der Waals surface area contributed by atoms with Crippen LogP contribution in [0.1, 0.15) is 33.8 Å². The zero-order valence-corrected chi connectivity index (χ0v) is 18.7. The minimum absolute atomic E-state index is 0.0494. The molecule has 4 rings (SSSR count). The van der Waals surface area contributed by atoms with Gasteiger partial charge in [-0.2, -0.15) is 0 Å². The molecule has 1 saturated heterocycles. The highest BCUT2D eigenvalue weighted by atomic mass is 32.2. The fourth-order valence-electron chi connectivity index (χ4n) is 3.09. The van der Waals surface area contributed by atoms with E-state index < -0.39 is 0 Å². The minimum atomic E-state index is -0.220. The van der Waals surface area contributed by atoms with Crippen molar-refractivity contribution < 1.29 is 9.59 Å². The lowest BCUT2D eigenvalue weighted by molar-refractivity contribution is -0.128. The highest BCUT2D eigenvalue weighted by Crippen LogP contribution is 2.39. The summed E-state index contributed by atoms with van der Waals surface area (Å²) in [5, 5.41) is 11.3. The second-order valence-electron chi connectivity index (χ2n) is 6.55. The molecule has 30 heavy (non-hydrogen) atoms. The molecule has 1 aliphatic rings. The van der Waals surface area contributed by atoms with Crippen LogP contribution in [-0.2, 0) is 11.3 Å². The summed E-state index contributed by atoms with van der Waals surface area (Å²) in [7, 11) is 0. The van der Waals surface area contributed by atoms with Crippen molar-refractivity contribution in [1.29, 1.82) is 0 Å². The van der Waals surface area contributed by atoms with Crippen molar-refractivity contribution in [2.45, 2.75) is 23.2 Å². The maximum atomic E-state index is 12.5. The van der Waals surface area contributed by atoms with Crippen LogP contribution < -0.4 is 5.32 Å². The van der Waals surface area contributed by atoms with E-state index in [1.165, 1.54) is 11.3 Å². The number of carbonyl (C=O) groups is 2. The van der Waals surface area contributed by atoms with E-state index in [1.807, 2.05) is 54.3 Å². The normalized spacial score (nSPS) is 16.1. The third-order valence-corrected chi connectivity index (χ3v) is 7.63. The Hall–Kier alpha value is -2.36. The Kier molecular flexibility index (Phi) is 6.71. The molecule has 6 nitrogen and oxygen atoms in total. The van der Waals surface area contributed by atoms with E-state index >= 15 is 0 Å². The van der Waals surface area contributed by atoms with Crippen LogP contribution in [0.25, 0.3) is 0 Å². The van der Waals surface area contributed by atoms with Crippen molar-refractivity contribution in [3.63, 3.8) is 0 Å². The minimum Gasteiger partial charge on any atom is -0.322 e. The molecule has 0 spiro atoms. The van der Waals surface area contributed by atoms with Crippen LogP contribution in [0.2, 0.25) is 0 Å². The van der Waals surface area contributed by atoms with E-state index in [0.717, 1.165) is 21.2 Å². The standard InChI is InChI=1S/C21H20N4O2S3/c1-2-28-21-24-23-20(30-21)22-18(27)15-8-10-16(11-9-15)19-25(17(26)13-29-19)12-14-6-4-3-5-7-14/h3-11,19H,2,12-13H2,1H3,(H,22,23,27). The lowest BCUT2D eigenvalue weighted by Gasteiger charge is -2.24. The van der Waals surface area contributed by atoms with E-state index in [-0.39, 0.29) is 17.2 Å². The van der Waals surface area contributed by atoms with Crippen molar-refractivity contribution in [2.75, 3.05) is 16.8 Å². The summed E-state index contributed by atoms with van der Waals surface area (Å²) in [5.41, 5.74) is 2.66. The molecule has 2 heterocycles. The average Bonchev–Trinajstić information content (AvgIpc) is 3.36. The summed E-state index contributed by atoms with van der Waals surface area (Å²) in [6.45, 7) is 2.62. The molecule has 0 saturated carbocycles. The van der Waals surface area contributed by atoms with E-state index in [2.05, 4.69) is 15.5 Å². The number of nitrogens with one attached hydrogen (secondary N) is 1. The number of thioether (sulfide) groups is 2. The van der Waals surface area contributed by atoms with Crippen molar-refractivity contribution >= 4 is 51.8 Å². The SMILES string of the molecule is CCSc1nnc(NC(=O)c2ccc(C3SCC(=O)N3Cc3ccccc3)cc2)s1. The molecule has 1 atom stereocenters. The van der Waals surface area contributed by atoms with Gasteiger partial charge in [0.2, 0.25) is 11.0 Å². The summed E-state index contributed by atoms with van der Waals surface area (Å²) < 4.78 is 0.838. The Balaban J connectivity index is 1.44. The van der Waals surface area contributed by atoms with Crippen LogP contribution in [0.5, 0.6) is 0 Å². The summed E-state index contributed by atoms with van der Waals surface area (Å²) in [5.74, 6) is 1.29. The Bertz CT molecular complexity index is 1020. The van der Waals surface area contributed by atoms with E-state index in [1.54, 1.807) is 35.7 Å². The van der Waals surface area contributed by atoms with E-state index in [0.29, 0.717) is 23.0 Å². The van der Waals surface area contributed by atoms with Crippen molar-refractivity contribution in [3.8, 4) is 0 Å². The predicted octanol–water partition coefficient (Wildman–Crippen LogP) is 4.68. The van der Waals surface area contributed by atoms with Crippen molar-refractivity contribution in [2.24, 2.45) is 0 Å². The molecule has 1 fully saturated rings. The zero-order chi connectivity index (χ0) is 20.9. The molecule has 3 aromatic rings. The summed E-state index contributed by atoms with van der Waals surface area (Å²) >= 11 is 4.57. The number of anilines is 1. The lowest BCUT2D eigenvalue weighted by Crippen LogP contribution is -2.27. The summed E-state index contributed by atoms with van der Waals surface area (Å²) in [6, 6.07) is 17.4. The van der Waals surface area contributed by atoms with Crippen LogP contribution in [0.3, 0.4) is 0 Å². The van der Waals surface area contributed by atoms with Crippen LogP contribution >= 0.6 is 34.9 Å². The smallest absolute Gasteiger partial charge is 0.257 e. The van der Waals surface area contributed by atoms with Gasteiger partial charge in [0.25, 0.3) is 5.91 Å². The van der Waals surface area contributed by atoms with Gasteiger partial charge < -0.3 is 4.90 Å². The van der Waals surface area contributed by atoms with Gasteiger partial charge in [-0.1, -0.05) is 72.5 Å². The molecular formula is C21H20N4O2S3. The molecule has 0 aliphatic carbocycles. The Labute approximate surface area is 187 Å².